The van der Waals surface area contributed by atoms with E-state index in [1.807, 2.05) is 18.2 Å². The Kier molecular flexibility index (Phi) is 3.25. The summed E-state index contributed by atoms with van der Waals surface area (Å²) in [5.74, 6) is 0.833. The highest BCUT2D eigenvalue weighted by atomic mass is 16.3. The number of hydrogen-bond acceptors (Lipinski definition) is 5. The molecule has 4 rings (SSSR count). The molecule has 0 saturated carbocycles. The summed E-state index contributed by atoms with van der Waals surface area (Å²) in [5, 5.41) is 18.9. The van der Waals surface area contributed by atoms with Crippen molar-refractivity contribution in [2.24, 2.45) is 10.2 Å². The molecule has 2 aliphatic heterocycles. The summed E-state index contributed by atoms with van der Waals surface area (Å²) in [4.78, 5) is 6.53. The Hall–Kier alpha value is -2.43. The standard InChI is InChI=1S/C17H18N4O/c22-17-13-6-4-10-21-9-3-5-12(16(13)21)11-14(17)19-20-15-7-1-2-8-18-15/h1-2,7-8,11,22H,3-6,9-10H2. The van der Waals surface area contributed by atoms with Crippen molar-refractivity contribution in [3.05, 3.63) is 41.6 Å². The maximum atomic E-state index is 10.6. The van der Waals surface area contributed by atoms with E-state index in [9.17, 15) is 5.11 Å². The van der Waals surface area contributed by atoms with Gasteiger partial charge in [-0.1, -0.05) is 6.07 Å². The molecule has 5 nitrogen and oxygen atoms in total. The van der Waals surface area contributed by atoms with Gasteiger partial charge in [0, 0.05) is 30.5 Å². The second-order valence-electron chi connectivity index (χ2n) is 5.81. The van der Waals surface area contributed by atoms with Crippen molar-refractivity contribution in [2.45, 2.75) is 25.7 Å². The number of aryl methyl sites for hydroxylation is 1. The van der Waals surface area contributed by atoms with E-state index < -0.39 is 0 Å². The van der Waals surface area contributed by atoms with Gasteiger partial charge >= 0.3 is 0 Å². The highest BCUT2D eigenvalue weighted by Crippen LogP contribution is 2.45. The number of pyridine rings is 1. The number of anilines is 1. The monoisotopic (exact) mass is 294 g/mol. The van der Waals surface area contributed by atoms with E-state index in [2.05, 4.69) is 20.1 Å². The van der Waals surface area contributed by atoms with Crippen LogP contribution in [0.15, 0.2) is 40.7 Å². The molecule has 0 amide bonds. The molecule has 5 heteroatoms. The van der Waals surface area contributed by atoms with Gasteiger partial charge in [0.25, 0.3) is 0 Å². The normalized spacial score (nSPS) is 16.8. The predicted octanol–water partition coefficient (Wildman–Crippen LogP) is 3.90. The van der Waals surface area contributed by atoms with Crippen LogP contribution in [0.4, 0.5) is 17.2 Å². The molecule has 0 saturated heterocycles. The van der Waals surface area contributed by atoms with E-state index in [-0.39, 0.29) is 5.75 Å². The van der Waals surface area contributed by atoms with Gasteiger partial charge in [0.1, 0.15) is 11.4 Å². The summed E-state index contributed by atoms with van der Waals surface area (Å²) in [5.41, 5.74) is 4.13. The van der Waals surface area contributed by atoms with Gasteiger partial charge in [-0.05, 0) is 49.4 Å². The third kappa shape index (κ3) is 2.22. The fourth-order valence-corrected chi connectivity index (χ4v) is 3.42. The maximum Gasteiger partial charge on any atom is 0.174 e. The minimum atomic E-state index is 0.282. The Labute approximate surface area is 129 Å². The van der Waals surface area contributed by atoms with Crippen molar-refractivity contribution in [3.8, 4) is 5.75 Å². The van der Waals surface area contributed by atoms with Gasteiger partial charge in [0.05, 0.1) is 0 Å². The van der Waals surface area contributed by atoms with E-state index in [0.29, 0.717) is 11.5 Å². The van der Waals surface area contributed by atoms with Gasteiger partial charge in [0.15, 0.2) is 5.82 Å². The smallest absolute Gasteiger partial charge is 0.174 e. The average Bonchev–Trinajstić information content (AvgIpc) is 2.58. The van der Waals surface area contributed by atoms with Crippen molar-refractivity contribution in [1.29, 1.82) is 0 Å². The largest absolute Gasteiger partial charge is 0.505 e. The van der Waals surface area contributed by atoms with Crippen LogP contribution in [0, 0.1) is 0 Å². The third-order valence-corrected chi connectivity index (χ3v) is 4.38. The van der Waals surface area contributed by atoms with Crippen LogP contribution >= 0.6 is 0 Å². The summed E-state index contributed by atoms with van der Waals surface area (Å²) < 4.78 is 0. The lowest BCUT2D eigenvalue weighted by molar-refractivity contribution is 0.463. The molecule has 0 aliphatic carbocycles. The van der Waals surface area contributed by atoms with Gasteiger partial charge < -0.3 is 10.0 Å². The number of azo groups is 1. The number of aromatic hydroxyl groups is 1. The predicted molar refractivity (Wildman–Crippen MR) is 85.4 cm³/mol. The molecule has 22 heavy (non-hydrogen) atoms. The zero-order valence-electron chi connectivity index (χ0n) is 12.4. The maximum absolute atomic E-state index is 10.6. The van der Waals surface area contributed by atoms with Crippen molar-refractivity contribution >= 4 is 17.2 Å². The first-order chi connectivity index (χ1) is 10.8. The zero-order valence-corrected chi connectivity index (χ0v) is 12.4. The molecular weight excluding hydrogens is 276 g/mol. The molecule has 3 heterocycles. The minimum absolute atomic E-state index is 0.282. The first-order valence-electron chi connectivity index (χ1n) is 7.78. The SMILES string of the molecule is Oc1c(N=Nc2ccccn2)cc2c3c1CCCN3CCC2. The van der Waals surface area contributed by atoms with E-state index in [1.165, 1.54) is 11.3 Å². The van der Waals surface area contributed by atoms with Crippen molar-refractivity contribution in [3.63, 3.8) is 0 Å². The number of benzene rings is 1. The first kappa shape index (κ1) is 13.2. The Morgan fingerprint density at radius 3 is 2.77 bits per heavy atom. The number of phenolic OH excluding ortho intramolecular Hbond substituents is 1. The molecule has 2 aromatic rings. The van der Waals surface area contributed by atoms with Crippen LogP contribution in [0.2, 0.25) is 0 Å². The molecule has 0 radical (unpaired) electrons. The zero-order chi connectivity index (χ0) is 14.9. The van der Waals surface area contributed by atoms with Gasteiger partial charge in [-0.3, -0.25) is 0 Å². The molecule has 1 N–H and O–H groups in total. The minimum Gasteiger partial charge on any atom is -0.505 e. The number of phenols is 1. The quantitative estimate of drug-likeness (QED) is 0.854. The van der Waals surface area contributed by atoms with E-state index in [1.54, 1.807) is 12.3 Å². The summed E-state index contributed by atoms with van der Waals surface area (Å²) in [6, 6.07) is 7.49. The summed E-state index contributed by atoms with van der Waals surface area (Å²) in [7, 11) is 0. The molecule has 1 aromatic heterocycles. The van der Waals surface area contributed by atoms with Crippen molar-refractivity contribution in [1.82, 2.24) is 4.98 Å². The highest BCUT2D eigenvalue weighted by molar-refractivity contribution is 5.73. The van der Waals surface area contributed by atoms with Crippen LogP contribution in [0.25, 0.3) is 0 Å². The fourth-order valence-electron chi connectivity index (χ4n) is 3.42. The lowest BCUT2D eigenvalue weighted by atomic mass is 9.90. The highest BCUT2D eigenvalue weighted by Gasteiger charge is 2.27. The average molecular weight is 294 g/mol. The van der Waals surface area contributed by atoms with E-state index in [0.717, 1.165) is 44.3 Å². The molecule has 0 bridgehead atoms. The number of nitrogens with zero attached hydrogens (tertiary/aromatic N) is 4. The number of hydrogen-bond donors (Lipinski definition) is 1. The van der Waals surface area contributed by atoms with Crippen LogP contribution in [0.3, 0.4) is 0 Å². The molecule has 112 valence electrons. The van der Waals surface area contributed by atoms with Gasteiger partial charge in [0.2, 0.25) is 0 Å². The molecule has 0 fully saturated rings. The van der Waals surface area contributed by atoms with Gasteiger partial charge in [-0.2, -0.15) is 0 Å². The van der Waals surface area contributed by atoms with Crippen molar-refractivity contribution < 1.29 is 5.11 Å². The molecule has 0 spiro atoms. The van der Waals surface area contributed by atoms with Crippen LogP contribution in [0.5, 0.6) is 5.75 Å². The van der Waals surface area contributed by atoms with Crippen LogP contribution in [-0.4, -0.2) is 23.2 Å². The molecule has 0 unspecified atom stereocenters. The lowest BCUT2D eigenvalue weighted by Crippen LogP contribution is -2.34. The summed E-state index contributed by atoms with van der Waals surface area (Å²) >= 11 is 0. The Balaban J connectivity index is 1.76. The van der Waals surface area contributed by atoms with Gasteiger partial charge in [-0.15, -0.1) is 10.2 Å². The van der Waals surface area contributed by atoms with Crippen LogP contribution < -0.4 is 4.90 Å². The number of rotatable bonds is 2. The van der Waals surface area contributed by atoms with E-state index in [4.69, 9.17) is 0 Å². The molecular formula is C17H18N4O. The Bertz CT molecular complexity index is 725. The summed E-state index contributed by atoms with van der Waals surface area (Å²) in [6.45, 7) is 2.18. The Morgan fingerprint density at radius 1 is 1.09 bits per heavy atom. The third-order valence-electron chi connectivity index (χ3n) is 4.38. The van der Waals surface area contributed by atoms with E-state index >= 15 is 0 Å². The molecule has 1 aromatic carbocycles. The lowest BCUT2D eigenvalue weighted by Gasteiger charge is -2.37. The summed E-state index contributed by atoms with van der Waals surface area (Å²) in [6.07, 6.45) is 5.89. The molecule has 0 atom stereocenters. The number of aromatic nitrogens is 1. The van der Waals surface area contributed by atoms with Gasteiger partial charge in [-0.25, -0.2) is 4.98 Å². The second-order valence-corrected chi connectivity index (χ2v) is 5.81. The fraction of sp³-hybridized carbons (Fsp3) is 0.353. The van der Waals surface area contributed by atoms with Crippen molar-refractivity contribution in [2.75, 3.05) is 18.0 Å². The van der Waals surface area contributed by atoms with Crippen LogP contribution in [0.1, 0.15) is 24.0 Å². The first-order valence-corrected chi connectivity index (χ1v) is 7.78. The van der Waals surface area contributed by atoms with Crippen LogP contribution in [-0.2, 0) is 12.8 Å². The topological polar surface area (TPSA) is 61.1 Å². The Morgan fingerprint density at radius 2 is 1.95 bits per heavy atom. The second kappa shape index (κ2) is 5.40. The molecule has 2 aliphatic rings.